The number of carbonyl (C=O) groups excluding carboxylic acids is 1. The number of carbonyl (C=O) groups is 1. The molecule has 4 rings (SSSR count). The van der Waals surface area contributed by atoms with Crippen molar-refractivity contribution in [1.29, 1.82) is 0 Å². The van der Waals surface area contributed by atoms with Gasteiger partial charge in [0.1, 0.15) is 0 Å². The van der Waals surface area contributed by atoms with Crippen LogP contribution in [0.3, 0.4) is 0 Å². The van der Waals surface area contributed by atoms with Crippen molar-refractivity contribution in [3.63, 3.8) is 0 Å². The fraction of sp³-hybridized carbons (Fsp3) is 0.556. The van der Waals surface area contributed by atoms with Gasteiger partial charge in [0.25, 0.3) is 0 Å². The Bertz CT molecular complexity index is 732. The molecule has 0 radical (unpaired) electrons. The fourth-order valence-electron chi connectivity index (χ4n) is 4.17. The number of nitrogens with zero attached hydrogens (tertiary/aromatic N) is 5. The molecule has 25 heavy (non-hydrogen) atoms. The minimum Gasteiger partial charge on any atom is -0.338 e. The van der Waals surface area contributed by atoms with Crippen molar-refractivity contribution in [2.24, 2.45) is 0 Å². The van der Waals surface area contributed by atoms with E-state index in [4.69, 9.17) is 4.52 Å². The lowest BCUT2D eigenvalue weighted by molar-refractivity contribution is -0.130. The monoisotopic (exact) mass is 341 g/mol. The highest BCUT2D eigenvalue weighted by Gasteiger charge is 2.39. The average Bonchev–Trinajstić information content (AvgIpc) is 3.36. The molecule has 2 aliphatic rings. The van der Waals surface area contributed by atoms with E-state index < -0.39 is 0 Å². The van der Waals surface area contributed by atoms with Gasteiger partial charge in [-0.1, -0.05) is 5.16 Å². The van der Waals surface area contributed by atoms with Crippen molar-refractivity contribution >= 4 is 5.91 Å². The zero-order valence-corrected chi connectivity index (χ0v) is 14.5. The van der Waals surface area contributed by atoms with E-state index in [-0.39, 0.29) is 5.91 Å². The number of rotatable bonds is 4. The maximum absolute atomic E-state index is 11.9. The van der Waals surface area contributed by atoms with Crippen molar-refractivity contribution in [3.8, 4) is 11.4 Å². The Morgan fingerprint density at radius 1 is 1.28 bits per heavy atom. The zero-order valence-electron chi connectivity index (χ0n) is 14.5. The van der Waals surface area contributed by atoms with Crippen LogP contribution in [0.2, 0.25) is 0 Å². The predicted molar refractivity (Wildman–Crippen MR) is 91.4 cm³/mol. The van der Waals surface area contributed by atoms with E-state index in [2.05, 4.69) is 20.0 Å². The van der Waals surface area contributed by atoms with Gasteiger partial charge >= 0.3 is 0 Å². The van der Waals surface area contributed by atoms with Gasteiger partial charge in [-0.15, -0.1) is 0 Å². The van der Waals surface area contributed by atoms with Crippen LogP contribution in [0, 0.1) is 0 Å². The molecule has 0 saturated carbocycles. The first-order chi connectivity index (χ1) is 12.2. The number of pyridine rings is 1. The lowest BCUT2D eigenvalue weighted by Crippen LogP contribution is -2.47. The summed E-state index contributed by atoms with van der Waals surface area (Å²) in [6.07, 6.45) is 7.92. The molecular formula is C18H23N5O2. The Balaban J connectivity index is 1.47. The molecule has 2 saturated heterocycles. The topological polar surface area (TPSA) is 75.4 Å². The van der Waals surface area contributed by atoms with E-state index in [0.717, 1.165) is 44.3 Å². The first kappa shape index (κ1) is 16.2. The van der Waals surface area contributed by atoms with Gasteiger partial charge in [-0.25, -0.2) is 0 Å². The second-order valence-corrected chi connectivity index (χ2v) is 6.86. The molecule has 0 aliphatic carbocycles. The molecule has 2 atom stereocenters. The minimum atomic E-state index is 0.186. The van der Waals surface area contributed by atoms with Crippen LogP contribution in [-0.2, 0) is 11.3 Å². The third kappa shape index (κ3) is 3.28. The first-order valence-electron chi connectivity index (χ1n) is 8.96. The SMILES string of the molecule is CC(=O)N1CCC[C@H]1[C@H]1CCCN1Cc1nc(-c2cccnc2)no1. The third-order valence-corrected chi connectivity index (χ3v) is 5.29. The summed E-state index contributed by atoms with van der Waals surface area (Å²) in [6.45, 7) is 4.21. The van der Waals surface area contributed by atoms with Crippen molar-refractivity contribution in [2.45, 2.75) is 51.2 Å². The summed E-state index contributed by atoms with van der Waals surface area (Å²) in [7, 11) is 0. The summed E-state index contributed by atoms with van der Waals surface area (Å²) in [5.74, 6) is 1.38. The van der Waals surface area contributed by atoms with Crippen LogP contribution in [0.1, 0.15) is 38.5 Å². The first-order valence-corrected chi connectivity index (χ1v) is 8.96. The van der Waals surface area contributed by atoms with E-state index in [9.17, 15) is 4.79 Å². The molecular weight excluding hydrogens is 318 g/mol. The Kier molecular flexibility index (Phi) is 4.48. The molecule has 1 amide bonds. The van der Waals surface area contributed by atoms with E-state index in [1.165, 1.54) is 0 Å². The van der Waals surface area contributed by atoms with E-state index in [1.807, 2.05) is 17.0 Å². The van der Waals surface area contributed by atoms with Crippen molar-refractivity contribution in [3.05, 3.63) is 30.4 Å². The molecule has 0 bridgehead atoms. The summed E-state index contributed by atoms with van der Waals surface area (Å²) in [4.78, 5) is 24.9. The van der Waals surface area contributed by atoms with Gasteiger partial charge in [-0.2, -0.15) is 4.98 Å². The summed E-state index contributed by atoms with van der Waals surface area (Å²) < 4.78 is 5.46. The highest BCUT2D eigenvalue weighted by Crippen LogP contribution is 2.31. The second kappa shape index (κ2) is 6.92. The van der Waals surface area contributed by atoms with Crippen LogP contribution < -0.4 is 0 Å². The Morgan fingerprint density at radius 3 is 2.92 bits per heavy atom. The molecule has 4 heterocycles. The Hall–Kier alpha value is -2.28. The standard InChI is InChI=1S/C18H23N5O2/c1-13(24)23-10-4-7-16(23)15-6-3-9-22(15)12-17-20-18(21-25-17)14-5-2-8-19-11-14/h2,5,8,11,15-16H,3-4,6-7,9-10,12H2,1H3/t15-,16+/m1/s1. The Morgan fingerprint density at radius 2 is 2.12 bits per heavy atom. The van der Waals surface area contributed by atoms with Crippen molar-refractivity contribution in [1.82, 2.24) is 24.9 Å². The smallest absolute Gasteiger partial charge is 0.241 e. The van der Waals surface area contributed by atoms with Crippen molar-refractivity contribution < 1.29 is 9.32 Å². The summed E-state index contributed by atoms with van der Waals surface area (Å²) in [5, 5.41) is 4.08. The lowest BCUT2D eigenvalue weighted by Gasteiger charge is -2.33. The quantitative estimate of drug-likeness (QED) is 0.848. The number of hydrogen-bond donors (Lipinski definition) is 0. The molecule has 0 aromatic carbocycles. The number of amides is 1. The van der Waals surface area contributed by atoms with Gasteiger partial charge in [-0.3, -0.25) is 14.7 Å². The molecule has 0 unspecified atom stereocenters. The van der Waals surface area contributed by atoms with Crippen LogP contribution in [0.4, 0.5) is 0 Å². The van der Waals surface area contributed by atoms with Crippen LogP contribution in [-0.4, -0.2) is 56.0 Å². The Labute approximate surface area is 147 Å². The average molecular weight is 341 g/mol. The summed E-state index contributed by atoms with van der Waals surface area (Å²) >= 11 is 0. The molecule has 2 aliphatic heterocycles. The molecule has 2 aromatic rings. The van der Waals surface area contributed by atoms with Gasteiger partial charge in [0, 0.05) is 43.5 Å². The van der Waals surface area contributed by atoms with Crippen LogP contribution in [0.15, 0.2) is 29.0 Å². The maximum Gasteiger partial charge on any atom is 0.241 e. The molecule has 7 nitrogen and oxygen atoms in total. The fourth-order valence-corrected chi connectivity index (χ4v) is 4.17. The molecule has 0 spiro atoms. The predicted octanol–water partition coefficient (Wildman–Crippen LogP) is 2.11. The van der Waals surface area contributed by atoms with E-state index in [1.54, 1.807) is 19.3 Å². The number of aromatic nitrogens is 3. The zero-order chi connectivity index (χ0) is 17.2. The van der Waals surface area contributed by atoms with Crippen molar-refractivity contribution in [2.75, 3.05) is 13.1 Å². The van der Waals surface area contributed by atoms with E-state index >= 15 is 0 Å². The molecule has 132 valence electrons. The van der Waals surface area contributed by atoms with Gasteiger partial charge in [-0.05, 0) is 44.4 Å². The molecule has 7 heteroatoms. The third-order valence-electron chi connectivity index (χ3n) is 5.29. The summed E-state index contributed by atoms with van der Waals surface area (Å²) in [6, 6.07) is 4.49. The van der Waals surface area contributed by atoms with Gasteiger partial charge in [0.2, 0.25) is 17.6 Å². The molecule has 2 fully saturated rings. The second-order valence-electron chi connectivity index (χ2n) is 6.86. The normalized spacial score (nSPS) is 24.1. The summed E-state index contributed by atoms with van der Waals surface area (Å²) in [5.41, 5.74) is 0.856. The maximum atomic E-state index is 11.9. The van der Waals surface area contributed by atoms with Gasteiger partial charge in [0.15, 0.2) is 0 Å². The molecule has 0 N–H and O–H groups in total. The highest BCUT2D eigenvalue weighted by molar-refractivity contribution is 5.74. The largest absolute Gasteiger partial charge is 0.338 e. The van der Waals surface area contributed by atoms with Crippen LogP contribution in [0.5, 0.6) is 0 Å². The highest BCUT2D eigenvalue weighted by atomic mass is 16.5. The minimum absolute atomic E-state index is 0.186. The number of likely N-dealkylation sites (tertiary alicyclic amines) is 2. The van der Waals surface area contributed by atoms with Crippen LogP contribution >= 0.6 is 0 Å². The lowest BCUT2D eigenvalue weighted by atomic mass is 10.0. The van der Waals surface area contributed by atoms with Gasteiger partial charge < -0.3 is 9.42 Å². The van der Waals surface area contributed by atoms with Crippen LogP contribution in [0.25, 0.3) is 11.4 Å². The number of hydrogen-bond acceptors (Lipinski definition) is 6. The van der Waals surface area contributed by atoms with Gasteiger partial charge in [0.05, 0.1) is 6.54 Å². The molecule has 2 aromatic heterocycles. The van der Waals surface area contributed by atoms with E-state index in [0.29, 0.717) is 30.3 Å².